The van der Waals surface area contributed by atoms with E-state index in [0.29, 0.717) is 31.0 Å². The van der Waals surface area contributed by atoms with Crippen LogP contribution in [0.5, 0.6) is 0 Å². The highest BCUT2D eigenvalue weighted by Crippen LogP contribution is 2.21. The molecule has 1 heterocycles. The first-order valence-electron chi connectivity index (χ1n) is 8.64. The van der Waals surface area contributed by atoms with Gasteiger partial charge in [0, 0.05) is 29.7 Å². The number of piperidine rings is 1. The van der Waals surface area contributed by atoms with Crippen LogP contribution in [0.2, 0.25) is 5.02 Å². The highest BCUT2D eigenvalue weighted by molar-refractivity contribution is 6.30. The van der Waals surface area contributed by atoms with E-state index in [4.69, 9.17) is 16.3 Å². The third kappa shape index (κ3) is 4.99. The summed E-state index contributed by atoms with van der Waals surface area (Å²) < 4.78 is 5.34. The summed E-state index contributed by atoms with van der Waals surface area (Å²) in [4.78, 5) is 26.2. The lowest BCUT2D eigenvalue weighted by molar-refractivity contribution is -0.121. The Bertz CT molecular complexity index is 741. The number of benzene rings is 2. The first kappa shape index (κ1) is 18.3. The minimum atomic E-state index is -0.328. The van der Waals surface area contributed by atoms with Gasteiger partial charge in [0.25, 0.3) is 0 Å². The van der Waals surface area contributed by atoms with Crippen LogP contribution in [0.1, 0.15) is 18.4 Å². The van der Waals surface area contributed by atoms with E-state index in [-0.39, 0.29) is 24.5 Å². The molecule has 26 heavy (non-hydrogen) atoms. The van der Waals surface area contributed by atoms with Crippen molar-refractivity contribution in [1.82, 2.24) is 4.90 Å². The lowest BCUT2D eigenvalue weighted by Gasteiger charge is -2.30. The van der Waals surface area contributed by atoms with Crippen LogP contribution in [-0.4, -0.2) is 30.0 Å². The first-order valence-corrected chi connectivity index (χ1v) is 9.01. The maximum Gasteiger partial charge on any atom is 0.410 e. The Kier molecular flexibility index (Phi) is 6.12. The molecule has 1 fully saturated rings. The second-order valence-electron chi connectivity index (χ2n) is 6.30. The predicted octanol–water partition coefficient (Wildman–Crippen LogP) is 4.33. The molecule has 0 bridgehead atoms. The van der Waals surface area contributed by atoms with Crippen LogP contribution in [0.3, 0.4) is 0 Å². The van der Waals surface area contributed by atoms with Crippen molar-refractivity contribution in [2.45, 2.75) is 19.4 Å². The van der Waals surface area contributed by atoms with Crippen molar-refractivity contribution >= 4 is 29.3 Å². The average Bonchev–Trinajstić information content (AvgIpc) is 2.69. The summed E-state index contributed by atoms with van der Waals surface area (Å²) in [7, 11) is 0. The molecule has 3 rings (SSSR count). The normalized spacial score (nSPS) is 14.7. The molecule has 0 saturated carbocycles. The number of hydrogen-bond acceptors (Lipinski definition) is 3. The van der Waals surface area contributed by atoms with Crippen LogP contribution in [0, 0.1) is 5.92 Å². The van der Waals surface area contributed by atoms with Crippen molar-refractivity contribution in [2.24, 2.45) is 5.92 Å². The minimum absolute atomic E-state index is 0.0235. The molecule has 0 radical (unpaired) electrons. The molecular weight excluding hydrogens is 352 g/mol. The van der Waals surface area contributed by atoms with Crippen molar-refractivity contribution in [1.29, 1.82) is 0 Å². The van der Waals surface area contributed by atoms with Gasteiger partial charge in [-0.2, -0.15) is 0 Å². The van der Waals surface area contributed by atoms with Gasteiger partial charge in [0.05, 0.1) is 0 Å². The van der Waals surface area contributed by atoms with Gasteiger partial charge in [-0.15, -0.1) is 0 Å². The van der Waals surface area contributed by atoms with Crippen molar-refractivity contribution in [3.63, 3.8) is 0 Å². The van der Waals surface area contributed by atoms with Crippen molar-refractivity contribution < 1.29 is 14.3 Å². The largest absolute Gasteiger partial charge is 0.445 e. The Hall–Kier alpha value is -2.53. The third-order valence-electron chi connectivity index (χ3n) is 4.44. The topological polar surface area (TPSA) is 58.6 Å². The van der Waals surface area contributed by atoms with Gasteiger partial charge >= 0.3 is 6.09 Å². The Labute approximate surface area is 157 Å². The number of halogens is 1. The van der Waals surface area contributed by atoms with E-state index in [0.717, 1.165) is 11.3 Å². The highest BCUT2D eigenvalue weighted by Gasteiger charge is 2.28. The van der Waals surface area contributed by atoms with Crippen molar-refractivity contribution in [3.8, 4) is 0 Å². The standard InChI is InChI=1S/C20H21ClN2O3/c21-17-6-8-18(9-7-17)22-19(24)16-10-12-23(13-11-16)20(25)26-14-15-4-2-1-3-5-15/h1-9,16H,10-14H2,(H,22,24). The number of ether oxygens (including phenoxy) is 1. The van der Waals surface area contributed by atoms with E-state index in [2.05, 4.69) is 5.32 Å². The summed E-state index contributed by atoms with van der Waals surface area (Å²) in [6, 6.07) is 16.6. The summed E-state index contributed by atoms with van der Waals surface area (Å²) >= 11 is 5.85. The molecular formula is C20H21ClN2O3. The molecule has 1 aliphatic heterocycles. The molecule has 0 aliphatic carbocycles. The van der Waals surface area contributed by atoms with Gasteiger partial charge in [-0.05, 0) is 42.7 Å². The molecule has 136 valence electrons. The average molecular weight is 373 g/mol. The van der Waals surface area contributed by atoms with Gasteiger partial charge < -0.3 is 15.0 Å². The van der Waals surface area contributed by atoms with Crippen LogP contribution in [0.25, 0.3) is 0 Å². The summed E-state index contributed by atoms with van der Waals surface area (Å²) in [5.74, 6) is -0.131. The number of hydrogen-bond donors (Lipinski definition) is 1. The molecule has 2 amide bonds. The first-order chi connectivity index (χ1) is 12.6. The predicted molar refractivity (Wildman–Crippen MR) is 101 cm³/mol. The number of likely N-dealkylation sites (tertiary alicyclic amines) is 1. The van der Waals surface area contributed by atoms with Crippen molar-refractivity contribution in [2.75, 3.05) is 18.4 Å². The Morgan fingerprint density at radius 1 is 1.04 bits per heavy atom. The zero-order chi connectivity index (χ0) is 18.4. The molecule has 1 N–H and O–H groups in total. The molecule has 5 nitrogen and oxygen atoms in total. The molecule has 0 aromatic heterocycles. The Morgan fingerprint density at radius 2 is 1.69 bits per heavy atom. The zero-order valence-corrected chi connectivity index (χ0v) is 15.1. The maximum absolute atomic E-state index is 12.4. The SMILES string of the molecule is O=C(Nc1ccc(Cl)cc1)C1CCN(C(=O)OCc2ccccc2)CC1. The fourth-order valence-corrected chi connectivity index (χ4v) is 3.04. The summed E-state index contributed by atoms with van der Waals surface area (Å²) in [6.07, 6.45) is 0.921. The molecule has 2 aromatic carbocycles. The van der Waals surface area contributed by atoms with Crippen molar-refractivity contribution in [3.05, 3.63) is 65.2 Å². The van der Waals surface area contributed by atoms with Gasteiger partial charge in [0.15, 0.2) is 0 Å². The third-order valence-corrected chi connectivity index (χ3v) is 4.69. The fraction of sp³-hybridized carbons (Fsp3) is 0.300. The number of anilines is 1. The van der Waals surface area contributed by atoms with Gasteiger partial charge in [0.1, 0.15) is 6.61 Å². The Morgan fingerprint density at radius 3 is 2.35 bits per heavy atom. The number of carbonyl (C=O) groups is 2. The second-order valence-corrected chi connectivity index (χ2v) is 6.73. The summed E-state index contributed by atoms with van der Waals surface area (Å²) in [6.45, 7) is 1.30. The second kappa shape index (κ2) is 8.72. The zero-order valence-electron chi connectivity index (χ0n) is 14.4. The molecule has 1 saturated heterocycles. The van der Waals surface area contributed by atoms with Crippen LogP contribution in [0.4, 0.5) is 10.5 Å². The van der Waals surface area contributed by atoms with Gasteiger partial charge in [-0.3, -0.25) is 4.79 Å². The van der Waals surface area contributed by atoms with Crippen LogP contribution < -0.4 is 5.32 Å². The van der Waals surface area contributed by atoms with Crippen LogP contribution >= 0.6 is 11.6 Å². The summed E-state index contributed by atoms with van der Waals surface area (Å²) in [5, 5.41) is 3.53. The minimum Gasteiger partial charge on any atom is -0.445 e. The quantitative estimate of drug-likeness (QED) is 0.869. The van der Waals surface area contributed by atoms with E-state index in [1.54, 1.807) is 29.2 Å². The monoisotopic (exact) mass is 372 g/mol. The molecule has 0 spiro atoms. The molecule has 1 aliphatic rings. The highest BCUT2D eigenvalue weighted by atomic mass is 35.5. The molecule has 0 atom stereocenters. The number of rotatable bonds is 4. The number of amides is 2. The van der Waals surface area contributed by atoms with E-state index in [1.807, 2.05) is 30.3 Å². The van der Waals surface area contributed by atoms with E-state index in [9.17, 15) is 9.59 Å². The van der Waals surface area contributed by atoms with Crippen LogP contribution in [-0.2, 0) is 16.1 Å². The smallest absolute Gasteiger partial charge is 0.410 e. The molecule has 0 unspecified atom stereocenters. The fourth-order valence-electron chi connectivity index (χ4n) is 2.91. The lowest BCUT2D eigenvalue weighted by atomic mass is 9.96. The number of nitrogens with zero attached hydrogens (tertiary/aromatic N) is 1. The lowest BCUT2D eigenvalue weighted by Crippen LogP contribution is -2.41. The molecule has 2 aromatic rings. The van der Waals surface area contributed by atoms with E-state index >= 15 is 0 Å². The Balaban J connectivity index is 1.43. The van der Waals surface area contributed by atoms with E-state index < -0.39 is 0 Å². The number of nitrogens with one attached hydrogen (secondary N) is 1. The van der Waals surface area contributed by atoms with Gasteiger partial charge in [-0.25, -0.2) is 4.79 Å². The van der Waals surface area contributed by atoms with Gasteiger partial charge in [0.2, 0.25) is 5.91 Å². The van der Waals surface area contributed by atoms with Crippen LogP contribution in [0.15, 0.2) is 54.6 Å². The molecule has 6 heteroatoms. The van der Waals surface area contributed by atoms with E-state index in [1.165, 1.54) is 0 Å². The van der Waals surface area contributed by atoms with Gasteiger partial charge in [-0.1, -0.05) is 41.9 Å². The number of carbonyl (C=O) groups excluding carboxylic acids is 2. The summed E-state index contributed by atoms with van der Waals surface area (Å²) in [5.41, 5.74) is 1.68. The maximum atomic E-state index is 12.4.